The summed E-state index contributed by atoms with van der Waals surface area (Å²) in [5.41, 5.74) is 0. The van der Waals surface area contributed by atoms with E-state index in [4.69, 9.17) is 9.79 Å². The van der Waals surface area contributed by atoms with E-state index in [1.807, 2.05) is 15.4 Å². The van der Waals surface area contributed by atoms with Gasteiger partial charge in [0.25, 0.3) is 0 Å². The molecule has 0 aromatic heterocycles. The van der Waals surface area contributed by atoms with Crippen molar-refractivity contribution in [3.63, 3.8) is 0 Å². The molecule has 2 fully saturated rings. The molecule has 0 aromatic carbocycles. The molecule has 0 aromatic rings. The second-order valence-corrected chi connectivity index (χ2v) is 5.51. The Balaban J connectivity index is 1.90. The minimum absolute atomic E-state index is 0.279. The maximum atomic E-state index is 12.1. The fourth-order valence-electron chi connectivity index (χ4n) is 1.15. The molecule has 0 radical (unpaired) electrons. The third-order valence-corrected chi connectivity index (χ3v) is 4.78. The Morgan fingerprint density at radius 2 is 1.85 bits per heavy atom. The molecular weight excluding hydrogens is 189 g/mol. The molecular formula is C7H12N3O2P. The summed E-state index contributed by atoms with van der Waals surface area (Å²) < 4.78 is 21.1. The standard InChI is InChI=1S/C7H12N3O2P/c8-2-1-7-12-13(11,9-3-4-9)10-5-6-10/h1,3-7H2. The Morgan fingerprint density at radius 1 is 1.31 bits per heavy atom. The van der Waals surface area contributed by atoms with Crippen molar-refractivity contribution in [3.05, 3.63) is 0 Å². The van der Waals surface area contributed by atoms with Gasteiger partial charge in [0, 0.05) is 26.2 Å². The lowest BCUT2D eigenvalue weighted by molar-refractivity contribution is 0.280. The molecule has 2 aliphatic heterocycles. The number of hydrogen-bond donors (Lipinski definition) is 0. The van der Waals surface area contributed by atoms with Crippen LogP contribution in [0.3, 0.4) is 0 Å². The van der Waals surface area contributed by atoms with E-state index in [2.05, 4.69) is 0 Å². The highest BCUT2D eigenvalue weighted by Gasteiger charge is 2.49. The largest absolute Gasteiger partial charge is 0.346 e. The first-order valence-corrected chi connectivity index (χ1v) is 5.93. The van der Waals surface area contributed by atoms with Gasteiger partial charge in [0.1, 0.15) is 0 Å². The van der Waals surface area contributed by atoms with E-state index in [9.17, 15) is 4.57 Å². The summed E-state index contributed by atoms with van der Waals surface area (Å²) in [5, 5.41) is 8.32. The van der Waals surface area contributed by atoms with Gasteiger partial charge in [0.15, 0.2) is 0 Å². The molecule has 0 bridgehead atoms. The first-order chi connectivity index (χ1) is 6.27. The van der Waals surface area contributed by atoms with E-state index >= 15 is 0 Å². The van der Waals surface area contributed by atoms with Crippen LogP contribution in [0.2, 0.25) is 0 Å². The molecule has 0 atom stereocenters. The summed E-state index contributed by atoms with van der Waals surface area (Å²) >= 11 is 0. The van der Waals surface area contributed by atoms with E-state index in [1.54, 1.807) is 0 Å². The number of nitrogens with zero attached hydrogens (tertiary/aromatic N) is 3. The van der Waals surface area contributed by atoms with Crippen LogP contribution in [-0.2, 0) is 9.09 Å². The Morgan fingerprint density at radius 3 is 2.23 bits per heavy atom. The lowest BCUT2D eigenvalue weighted by atomic mass is 10.5. The number of rotatable bonds is 5. The van der Waals surface area contributed by atoms with Crippen LogP contribution in [-0.4, -0.2) is 42.1 Å². The average Bonchev–Trinajstić information content (AvgIpc) is 2.95. The highest BCUT2D eigenvalue weighted by Crippen LogP contribution is 2.60. The van der Waals surface area contributed by atoms with Gasteiger partial charge in [-0.25, -0.2) is 9.34 Å². The van der Waals surface area contributed by atoms with Crippen molar-refractivity contribution in [2.24, 2.45) is 0 Å². The number of nitriles is 1. The lowest BCUT2D eigenvalue weighted by Gasteiger charge is -2.18. The van der Waals surface area contributed by atoms with E-state index in [-0.39, 0.29) is 6.61 Å². The normalized spacial score (nSPS) is 22.7. The summed E-state index contributed by atoms with van der Waals surface area (Å²) in [4.78, 5) is 0. The van der Waals surface area contributed by atoms with Gasteiger partial charge in [-0.15, -0.1) is 0 Å². The van der Waals surface area contributed by atoms with Crippen molar-refractivity contribution in [2.45, 2.75) is 6.42 Å². The van der Waals surface area contributed by atoms with E-state index in [0.29, 0.717) is 6.42 Å². The Hall–Kier alpha value is -0.400. The second-order valence-electron chi connectivity index (χ2n) is 3.14. The van der Waals surface area contributed by atoms with Crippen LogP contribution in [0.15, 0.2) is 0 Å². The second kappa shape index (κ2) is 3.39. The molecule has 0 aliphatic carbocycles. The Kier molecular flexibility index (Phi) is 2.39. The van der Waals surface area contributed by atoms with Gasteiger partial charge in [-0.3, -0.25) is 4.57 Å². The van der Waals surface area contributed by atoms with Gasteiger partial charge < -0.3 is 4.52 Å². The highest BCUT2D eigenvalue weighted by atomic mass is 31.2. The van der Waals surface area contributed by atoms with Crippen molar-refractivity contribution in [1.82, 2.24) is 9.34 Å². The van der Waals surface area contributed by atoms with Crippen molar-refractivity contribution >= 4 is 7.67 Å². The molecule has 0 spiro atoms. The molecule has 72 valence electrons. The van der Waals surface area contributed by atoms with Crippen molar-refractivity contribution in [1.29, 1.82) is 5.26 Å². The Bertz CT molecular complexity index is 264. The fourth-order valence-corrected chi connectivity index (χ4v) is 3.35. The topological polar surface area (TPSA) is 56.1 Å². The van der Waals surface area contributed by atoms with Gasteiger partial charge >= 0.3 is 7.67 Å². The highest BCUT2D eigenvalue weighted by molar-refractivity contribution is 7.54. The number of hydrogen-bond acceptors (Lipinski definition) is 3. The quantitative estimate of drug-likeness (QED) is 0.371. The van der Waals surface area contributed by atoms with Gasteiger partial charge in [-0.05, 0) is 0 Å². The van der Waals surface area contributed by atoms with Crippen LogP contribution in [0.5, 0.6) is 0 Å². The van der Waals surface area contributed by atoms with E-state index in [0.717, 1.165) is 26.2 Å². The molecule has 2 heterocycles. The maximum Gasteiger partial charge on any atom is 0.346 e. The average molecular weight is 201 g/mol. The van der Waals surface area contributed by atoms with Crippen LogP contribution >= 0.6 is 7.67 Å². The van der Waals surface area contributed by atoms with Crippen molar-refractivity contribution in [3.8, 4) is 6.07 Å². The van der Waals surface area contributed by atoms with Crippen LogP contribution in [0.4, 0.5) is 0 Å². The SMILES string of the molecule is N#CCCOP(=O)(N1CC1)N1CC1. The molecule has 13 heavy (non-hydrogen) atoms. The molecule has 5 nitrogen and oxygen atoms in total. The third-order valence-electron chi connectivity index (χ3n) is 2.04. The zero-order chi connectivity index (χ0) is 9.31. The van der Waals surface area contributed by atoms with Gasteiger partial charge in [-0.2, -0.15) is 5.26 Å². The lowest BCUT2D eigenvalue weighted by Crippen LogP contribution is -2.08. The summed E-state index contributed by atoms with van der Waals surface area (Å²) in [6, 6.07) is 1.98. The summed E-state index contributed by atoms with van der Waals surface area (Å²) in [7, 11) is -2.66. The van der Waals surface area contributed by atoms with Gasteiger partial charge in [0.2, 0.25) is 0 Å². The smallest absolute Gasteiger partial charge is 0.305 e. The fraction of sp³-hybridized carbons (Fsp3) is 0.857. The molecule has 6 heteroatoms. The summed E-state index contributed by atoms with van der Waals surface area (Å²) in [5.74, 6) is 0. The first-order valence-electron chi connectivity index (χ1n) is 4.40. The summed E-state index contributed by atoms with van der Waals surface area (Å²) in [6.07, 6.45) is 0.311. The minimum atomic E-state index is -2.66. The molecule has 0 saturated carbocycles. The monoisotopic (exact) mass is 201 g/mol. The predicted molar refractivity (Wildman–Crippen MR) is 46.9 cm³/mol. The van der Waals surface area contributed by atoms with Crippen LogP contribution < -0.4 is 0 Å². The molecule has 0 amide bonds. The van der Waals surface area contributed by atoms with Gasteiger partial charge in [0.05, 0.1) is 19.1 Å². The minimum Gasteiger partial charge on any atom is -0.305 e. The molecule has 2 saturated heterocycles. The molecule has 2 rings (SSSR count). The zero-order valence-electron chi connectivity index (χ0n) is 7.35. The maximum absolute atomic E-state index is 12.1. The van der Waals surface area contributed by atoms with Crippen LogP contribution in [0.25, 0.3) is 0 Å². The Labute approximate surface area is 77.4 Å². The van der Waals surface area contributed by atoms with Crippen LogP contribution in [0, 0.1) is 11.3 Å². The molecule has 0 unspecified atom stereocenters. The van der Waals surface area contributed by atoms with Gasteiger partial charge in [-0.1, -0.05) is 0 Å². The van der Waals surface area contributed by atoms with Crippen molar-refractivity contribution < 1.29 is 9.09 Å². The molecule has 2 aliphatic rings. The van der Waals surface area contributed by atoms with Crippen molar-refractivity contribution in [2.75, 3.05) is 32.8 Å². The van der Waals surface area contributed by atoms with E-state index in [1.165, 1.54) is 0 Å². The third kappa shape index (κ3) is 1.92. The first kappa shape index (κ1) is 9.17. The van der Waals surface area contributed by atoms with E-state index < -0.39 is 7.67 Å². The predicted octanol–water partition coefficient (Wildman–Crippen LogP) is 0.656. The van der Waals surface area contributed by atoms with Crippen LogP contribution in [0.1, 0.15) is 6.42 Å². The summed E-state index contributed by atoms with van der Waals surface area (Å²) in [6.45, 7) is 3.72. The molecule has 0 N–H and O–H groups in total. The zero-order valence-corrected chi connectivity index (χ0v) is 8.24.